The van der Waals surface area contributed by atoms with Crippen LogP contribution in [0.4, 0.5) is 11.4 Å². The predicted octanol–water partition coefficient (Wildman–Crippen LogP) is 13.2. The Labute approximate surface area is 311 Å². The lowest BCUT2D eigenvalue weighted by atomic mass is 9.91. The van der Waals surface area contributed by atoms with Gasteiger partial charge < -0.3 is 10.2 Å². The molecule has 4 heteroatoms. The SMILES string of the molecule is Oc1c(C=Nc2ccc3ccccc3c2-c2c(N=Cc3ccc4ccc5ccccc5c4c3O)ccc3ccccc23)ccc2ccc3ccccc3c12. The van der Waals surface area contributed by atoms with Crippen LogP contribution in [0.5, 0.6) is 11.5 Å². The highest BCUT2D eigenvalue weighted by Gasteiger charge is 2.18. The third-order valence-electron chi connectivity index (χ3n) is 10.6. The summed E-state index contributed by atoms with van der Waals surface area (Å²) in [6, 6.07) is 57.3. The van der Waals surface area contributed by atoms with Crippen molar-refractivity contribution in [3.63, 3.8) is 0 Å². The van der Waals surface area contributed by atoms with Crippen molar-refractivity contribution >= 4 is 88.4 Å². The predicted molar refractivity (Wildman–Crippen MR) is 228 cm³/mol. The van der Waals surface area contributed by atoms with Crippen LogP contribution in [-0.2, 0) is 0 Å². The fourth-order valence-corrected chi connectivity index (χ4v) is 7.94. The van der Waals surface area contributed by atoms with E-state index in [-0.39, 0.29) is 11.5 Å². The quantitative estimate of drug-likeness (QED) is 0.139. The molecule has 2 N–H and O–H groups in total. The van der Waals surface area contributed by atoms with Gasteiger partial charge in [-0.15, -0.1) is 0 Å². The molecule has 0 heterocycles. The highest BCUT2D eigenvalue weighted by molar-refractivity contribution is 6.16. The van der Waals surface area contributed by atoms with Crippen LogP contribution in [0.2, 0.25) is 0 Å². The first-order chi connectivity index (χ1) is 26.6. The van der Waals surface area contributed by atoms with Crippen LogP contribution in [-0.4, -0.2) is 22.6 Å². The molecule has 0 atom stereocenters. The number of phenolic OH excluding ortho intramolecular Hbond substituents is 2. The molecule has 0 saturated carbocycles. The lowest BCUT2D eigenvalue weighted by molar-refractivity contribution is 0.480. The summed E-state index contributed by atoms with van der Waals surface area (Å²) in [6.07, 6.45) is 3.52. The number of rotatable bonds is 5. The Morgan fingerprint density at radius 3 is 1.06 bits per heavy atom. The molecule has 10 aromatic carbocycles. The minimum atomic E-state index is 0.203. The zero-order valence-corrected chi connectivity index (χ0v) is 29.1. The van der Waals surface area contributed by atoms with Crippen molar-refractivity contribution in [3.8, 4) is 22.6 Å². The molecular weight excluding hydrogens is 661 g/mol. The van der Waals surface area contributed by atoms with Gasteiger partial charge in [0.1, 0.15) is 11.5 Å². The number of phenols is 2. The second-order valence-corrected chi connectivity index (χ2v) is 13.7. The summed E-state index contributed by atoms with van der Waals surface area (Å²) >= 11 is 0. The largest absolute Gasteiger partial charge is 0.507 e. The first-order valence-electron chi connectivity index (χ1n) is 18.0. The summed E-state index contributed by atoms with van der Waals surface area (Å²) in [5.41, 5.74) is 4.64. The molecule has 10 rings (SSSR count). The maximum atomic E-state index is 11.7. The van der Waals surface area contributed by atoms with Gasteiger partial charge in [0.15, 0.2) is 0 Å². The Balaban J connectivity index is 1.17. The van der Waals surface area contributed by atoms with E-state index in [0.29, 0.717) is 11.1 Å². The van der Waals surface area contributed by atoms with Gasteiger partial charge in [0.25, 0.3) is 0 Å². The smallest absolute Gasteiger partial charge is 0.132 e. The molecule has 0 fully saturated rings. The second kappa shape index (κ2) is 12.7. The molecule has 0 aromatic heterocycles. The van der Waals surface area contributed by atoms with Crippen molar-refractivity contribution in [1.82, 2.24) is 0 Å². The molecule has 0 spiro atoms. The van der Waals surface area contributed by atoms with Gasteiger partial charge in [-0.2, -0.15) is 0 Å². The Bertz CT molecular complexity index is 2980. The molecule has 10 aromatic rings. The normalized spacial score (nSPS) is 12.1. The average Bonchev–Trinajstić information content (AvgIpc) is 3.22. The summed E-state index contributed by atoms with van der Waals surface area (Å²) in [7, 11) is 0. The molecule has 0 bridgehead atoms. The number of nitrogens with zero attached hydrogens (tertiary/aromatic N) is 2. The molecule has 254 valence electrons. The van der Waals surface area contributed by atoms with E-state index in [1.165, 1.54) is 0 Å². The molecule has 0 aliphatic carbocycles. The van der Waals surface area contributed by atoms with E-state index in [4.69, 9.17) is 9.98 Å². The second-order valence-electron chi connectivity index (χ2n) is 13.7. The van der Waals surface area contributed by atoms with Crippen LogP contribution in [0, 0.1) is 0 Å². The zero-order chi connectivity index (χ0) is 36.2. The van der Waals surface area contributed by atoms with Gasteiger partial charge in [-0.3, -0.25) is 9.98 Å². The monoisotopic (exact) mass is 692 g/mol. The molecule has 0 amide bonds. The van der Waals surface area contributed by atoms with Crippen LogP contribution < -0.4 is 0 Å². The average molecular weight is 693 g/mol. The summed E-state index contributed by atoms with van der Waals surface area (Å²) in [5.74, 6) is 0.405. The van der Waals surface area contributed by atoms with Crippen LogP contribution in [0.25, 0.3) is 75.8 Å². The summed E-state index contributed by atoms with van der Waals surface area (Å²) in [5, 5.41) is 35.3. The van der Waals surface area contributed by atoms with Crippen molar-refractivity contribution in [2.24, 2.45) is 9.98 Å². The van der Waals surface area contributed by atoms with Crippen LogP contribution in [0.1, 0.15) is 11.1 Å². The molecule has 0 aliphatic heterocycles. The van der Waals surface area contributed by atoms with Gasteiger partial charge in [-0.1, -0.05) is 146 Å². The van der Waals surface area contributed by atoms with Crippen LogP contribution in [0.15, 0.2) is 180 Å². The van der Waals surface area contributed by atoms with Gasteiger partial charge in [-0.05, 0) is 78.1 Å². The number of aliphatic imine (C=N–C) groups is 2. The molecule has 54 heavy (non-hydrogen) atoms. The van der Waals surface area contributed by atoms with Gasteiger partial charge >= 0.3 is 0 Å². The fourth-order valence-electron chi connectivity index (χ4n) is 7.94. The lowest BCUT2D eigenvalue weighted by Crippen LogP contribution is -1.90. The van der Waals surface area contributed by atoms with E-state index in [1.807, 2.05) is 109 Å². The maximum absolute atomic E-state index is 11.7. The Morgan fingerprint density at radius 1 is 0.315 bits per heavy atom. The Morgan fingerprint density at radius 2 is 0.630 bits per heavy atom. The van der Waals surface area contributed by atoms with E-state index >= 15 is 0 Å². The van der Waals surface area contributed by atoms with Crippen molar-refractivity contribution in [3.05, 3.63) is 181 Å². The van der Waals surface area contributed by atoms with Crippen LogP contribution in [0.3, 0.4) is 0 Å². The zero-order valence-electron chi connectivity index (χ0n) is 29.1. The van der Waals surface area contributed by atoms with E-state index in [0.717, 1.165) is 87.1 Å². The molecule has 0 saturated heterocycles. The summed E-state index contributed by atoms with van der Waals surface area (Å²) in [6.45, 7) is 0. The fraction of sp³-hybridized carbons (Fsp3) is 0. The summed E-state index contributed by atoms with van der Waals surface area (Å²) in [4.78, 5) is 10.2. The molecular formula is C50H32N2O2. The number of hydrogen-bond donors (Lipinski definition) is 2. The minimum Gasteiger partial charge on any atom is -0.507 e. The Kier molecular flexibility index (Phi) is 7.41. The molecule has 0 radical (unpaired) electrons. The number of aromatic hydroxyl groups is 2. The van der Waals surface area contributed by atoms with Gasteiger partial charge in [0.2, 0.25) is 0 Å². The molecule has 4 nitrogen and oxygen atoms in total. The van der Waals surface area contributed by atoms with Gasteiger partial charge in [-0.25, -0.2) is 0 Å². The van der Waals surface area contributed by atoms with Crippen molar-refractivity contribution in [1.29, 1.82) is 0 Å². The van der Waals surface area contributed by atoms with Crippen LogP contribution >= 0.6 is 0 Å². The third kappa shape index (κ3) is 5.15. The summed E-state index contributed by atoms with van der Waals surface area (Å²) < 4.78 is 0. The van der Waals surface area contributed by atoms with E-state index in [1.54, 1.807) is 12.4 Å². The lowest BCUT2D eigenvalue weighted by Gasteiger charge is -2.16. The topological polar surface area (TPSA) is 65.2 Å². The number of hydrogen-bond acceptors (Lipinski definition) is 4. The van der Waals surface area contributed by atoms with Crippen molar-refractivity contribution in [2.45, 2.75) is 0 Å². The van der Waals surface area contributed by atoms with Crippen molar-refractivity contribution < 1.29 is 10.2 Å². The highest BCUT2D eigenvalue weighted by Crippen LogP contribution is 2.46. The standard InChI is InChI=1S/C50H32N2O2/c53-49-37(23-21-35-19-17-31-9-1-5-13-39(31)45(35)49)29-51-43-27-25-33-11-3-7-15-41(33)47(43)48-42-16-8-4-12-34(42)26-28-44(48)52-30-38-24-22-36-20-18-32-10-2-6-14-40(32)46(36)50(38)54/h1-30,53-54H. The number of fused-ring (bicyclic) bond motifs is 8. The minimum absolute atomic E-state index is 0.203. The van der Waals surface area contributed by atoms with E-state index in [2.05, 4.69) is 60.7 Å². The van der Waals surface area contributed by atoms with Crippen molar-refractivity contribution in [2.75, 3.05) is 0 Å². The first-order valence-corrected chi connectivity index (χ1v) is 18.0. The third-order valence-corrected chi connectivity index (χ3v) is 10.6. The molecule has 0 unspecified atom stereocenters. The van der Waals surface area contributed by atoms with Gasteiger partial charge in [0.05, 0.1) is 11.4 Å². The van der Waals surface area contributed by atoms with Gasteiger partial charge in [0, 0.05) is 45.5 Å². The maximum Gasteiger partial charge on any atom is 0.132 e. The Hall–Kier alpha value is -7.30. The highest BCUT2D eigenvalue weighted by atomic mass is 16.3. The first kappa shape index (κ1) is 31.4. The van der Waals surface area contributed by atoms with E-state index < -0.39 is 0 Å². The number of benzene rings is 10. The van der Waals surface area contributed by atoms with E-state index in [9.17, 15) is 10.2 Å². The molecule has 0 aliphatic rings.